The Hall–Kier alpha value is -13.0. The molecule has 0 amide bonds. The standard InChI is InChI=1S/C88H62N8/c1-9-28-66(29-10-1)91(67-30-11-2-12-31-67)74-44-48-82-78(57-74)79-58-75(92(68-32-13-3-14-33-68)69-34-15-4-16-35-69)45-49-83(79)95(82)86-61-90-62-87(88(86)65-27-25-26-64(56-65)63-52-54-89-55-53-63)96-84-50-46-76(93(70-36-17-5-18-37-70)71-38-19-6-20-39-71)59-80(84)81-60-77(47-51-85(81)96)94(72-40-21-7-22-41-72)73-42-23-8-24-43-73/h1-62H. The van der Waals surface area contributed by atoms with E-state index in [0.717, 1.165) is 145 Å². The molecule has 0 saturated heterocycles. The summed E-state index contributed by atoms with van der Waals surface area (Å²) in [6.07, 6.45) is 7.87. The fraction of sp³-hybridized carbons (Fsp3) is 0. The predicted molar refractivity (Wildman–Crippen MR) is 400 cm³/mol. The molecule has 0 radical (unpaired) electrons. The zero-order chi connectivity index (χ0) is 63.7. The van der Waals surface area contributed by atoms with E-state index >= 15 is 0 Å². The minimum Gasteiger partial charge on any atom is -0.310 e. The Kier molecular flexibility index (Phi) is 14.7. The van der Waals surface area contributed by atoms with Crippen LogP contribution in [0.5, 0.6) is 0 Å². The lowest BCUT2D eigenvalue weighted by molar-refractivity contribution is 1.09. The Morgan fingerprint density at radius 1 is 0.198 bits per heavy atom. The molecule has 0 fully saturated rings. The summed E-state index contributed by atoms with van der Waals surface area (Å²) in [5.74, 6) is 0. The van der Waals surface area contributed by atoms with E-state index < -0.39 is 0 Å². The third kappa shape index (κ3) is 10.4. The van der Waals surface area contributed by atoms with Gasteiger partial charge in [-0.1, -0.05) is 164 Å². The lowest BCUT2D eigenvalue weighted by Gasteiger charge is -2.26. The van der Waals surface area contributed by atoms with Crippen LogP contribution in [-0.2, 0) is 0 Å². The second kappa shape index (κ2) is 24.9. The highest BCUT2D eigenvalue weighted by atomic mass is 15.2. The Morgan fingerprint density at radius 2 is 0.458 bits per heavy atom. The molecule has 17 rings (SSSR count). The largest absolute Gasteiger partial charge is 0.310 e. The molecular formula is C88H62N8. The Bertz CT molecular complexity index is 4830. The summed E-state index contributed by atoms with van der Waals surface area (Å²) in [7, 11) is 0. The van der Waals surface area contributed by atoms with Gasteiger partial charge in [0.15, 0.2) is 0 Å². The first-order chi connectivity index (χ1) is 47.7. The number of benzene rings is 13. The van der Waals surface area contributed by atoms with Crippen molar-refractivity contribution in [3.05, 3.63) is 377 Å². The van der Waals surface area contributed by atoms with Crippen molar-refractivity contribution in [3.63, 3.8) is 0 Å². The lowest BCUT2D eigenvalue weighted by atomic mass is 9.97. The molecule has 0 aliphatic carbocycles. The summed E-state index contributed by atoms with van der Waals surface area (Å²) < 4.78 is 4.90. The van der Waals surface area contributed by atoms with E-state index in [1.807, 2.05) is 12.4 Å². The normalized spacial score (nSPS) is 11.3. The molecule has 0 spiro atoms. The number of aromatic nitrogens is 4. The first kappa shape index (κ1) is 56.9. The van der Waals surface area contributed by atoms with Gasteiger partial charge in [-0.3, -0.25) is 9.97 Å². The van der Waals surface area contributed by atoms with Gasteiger partial charge in [0.25, 0.3) is 0 Å². The molecule has 4 aromatic heterocycles. The minimum absolute atomic E-state index is 0.924. The van der Waals surface area contributed by atoms with E-state index in [4.69, 9.17) is 4.98 Å². The van der Waals surface area contributed by atoms with E-state index in [9.17, 15) is 0 Å². The molecule has 0 aliphatic heterocycles. The highest BCUT2D eigenvalue weighted by Crippen LogP contribution is 2.48. The summed E-state index contributed by atoms with van der Waals surface area (Å²) in [5.41, 5.74) is 22.8. The van der Waals surface area contributed by atoms with Crippen molar-refractivity contribution in [1.29, 1.82) is 0 Å². The quantitative estimate of drug-likeness (QED) is 0.0961. The summed E-state index contributed by atoms with van der Waals surface area (Å²) >= 11 is 0. The second-order valence-corrected chi connectivity index (χ2v) is 23.9. The minimum atomic E-state index is 0.924. The van der Waals surface area contributed by atoms with Crippen LogP contribution < -0.4 is 19.6 Å². The monoisotopic (exact) mass is 1230 g/mol. The Labute approximate surface area is 557 Å². The number of nitrogens with zero attached hydrogens (tertiary/aromatic N) is 8. The average Bonchev–Trinajstić information content (AvgIpc) is 1.56. The molecule has 96 heavy (non-hydrogen) atoms. The van der Waals surface area contributed by atoms with E-state index in [1.165, 1.54) is 0 Å². The van der Waals surface area contributed by atoms with Crippen molar-refractivity contribution in [2.45, 2.75) is 0 Å². The second-order valence-electron chi connectivity index (χ2n) is 23.9. The van der Waals surface area contributed by atoms with Gasteiger partial charge in [-0.15, -0.1) is 0 Å². The smallest absolute Gasteiger partial charge is 0.0745 e. The zero-order valence-electron chi connectivity index (χ0n) is 52.4. The predicted octanol–water partition coefficient (Wildman–Crippen LogP) is 23.9. The maximum atomic E-state index is 5.41. The van der Waals surface area contributed by atoms with Gasteiger partial charge in [0.2, 0.25) is 0 Å². The van der Waals surface area contributed by atoms with Crippen molar-refractivity contribution in [2.75, 3.05) is 19.6 Å². The van der Waals surface area contributed by atoms with Crippen LogP contribution >= 0.6 is 0 Å². The van der Waals surface area contributed by atoms with E-state index in [1.54, 1.807) is 0 Å². The van der Waals surface area contributed by atoms with Gasteiger partial charge in [0, 0.05) is 108 Å². The SMILES string of the molecule is c1ccc(N(c2ccccc2)c2ccc3c(c2)c2cc(N(c4ccccc4)c4ccccc4)ccc2n3-c2cncc(-n3c4ccc(N(c5ccccc5)c5ccccc5)cc4c4cc(N(c5ccccc5)c5ccccc5)ccc43)c2-c2cccc(-c3ccncc3)c2)cc1. The number of fused-ring (bicyclic) bond motifs is 6. The molecule has 4 heterocycles. The van der Waals surface area contributed by atoms with Crippen LogP contribution in [0.1, 0.15) is 0 Å². The van der Waals surface area contributed by atoms with Crippen LogP contribution in [0.3, 0.4) is 0 Å². The molecular weight excluding hydrogens is 1170 g/mol. The van der Waals surface area contributed by atoms with E-state index in [0.29, 0.717) is 0 Å². The topological polar surface area (TPSA) is 48.6 Å². The maximum Gasteiger partial charge on any atom is 0.0745 e. The van der Waals surface area contributed by atoms with Crippen molar-refractivity contribution in [2.24, 2.45) is 0 Å². The third-order valence-electron chi connectivity index (χ3n) is 18.2. The molecule has 0 N–H and O–H groups in total. The van der Waals surface area contributed by atoms with Crippen molar-refractivity contribution in [1.82, 2.24) is 19.1 Å². The first-order valence-corrected chi connectivity index (χ1v) is 32.4. The van der Waals surface area contributed by atoms with Crippen LogP contribution in [0.25, 0.3) is 77.2 Å². The van der Waals surface area contributed by atoms with Crippen molar-refractivity contribution in [3.8, 4) is 33.6 Å². The fourth-order valence-corrected chi connectivity index (χ4v) is 14.0. The number of rotatable bonds is 16. The summed E-state index contributed by atoms with van der Waals surface area (Å²) in [6.45, 7) is 0. The summed E-state index contributed by atoms with van der Waals surface area (Å²) in [5, 5.41) is 4.35. The van der Waals surface area contributed by atoms with Crippen LogP contribution in [0, 0.1) is 0 Å². The summed E-state index contributed by atoms with van der Waals surface area (Å²) in [6, 6.07) is 126. The zero-order valence-corrected chi connectivity index (χ0v) is 52.4. The molecule has 0 unspecified atom stereocenters. The van der Waals surface area contributed by atoms with Crippen LogP contribution in [0.4, 0.5) is 68.2 Å². The Balaban J connectivity index is 0.962. The van der Waals surface area contributed by atoms with E-state index in [-0.39, 0.29) is 0 Å². The van der Waals surface area contributed by atoms with Gasteiger partial charge < -0.3 is 28.7 Å². The molecule has 8 heteroatoms. The molecule has 0 atom stereocenters. The van der Waals surface area contributed by atoms with Gasteiger partial charge >= 0.3 is 0 Å². The number of para-hydroxylation sites is 8. The van der Waals surface area contributed by atoms with Crippen LogP contribution in [0.15, 0.2) is 377 Å². The fourth-order valence-electron chi connectivity index (χ4n) is 14.0. The molecule has 0 saturated carbocycles. The van der Waals surface area contributed by atoms with Crippen molar-refractivity contribution >= 4 is 112 Å². The number of pyridine rings is 2. The van der Waals surface area contributed by atoms with Crippen LogP contribution in [-0.4, -0.2) is 19.1 Å². The van der Waals surface area contributed by atoms with Gasteiger partial charge in [0.1, 0.15) is 0 Å². The first-order valence-electron chi connectivity index (χ1n) is 32.4. The highest BCUT2D eigenvalue weighted by molar-refractivity contribution is 6.15. The maximum absolute atomic E-state index is 5.41. The number of hydrogen-bond acceptors (Lipinski definition) is 6. The third-order valence-corrected chi connectivity index (χ3v) is 18.2. The molecule has 0 aliphatic rings. The molecule has 0 bridgehead atoms. The van der Waals surface area contributed by atoms with Gasteiger partial charge in [-0.25, -0.2) is 0 Å². The van der Waals surface area contributed by atoms with Gasteiger partial charge in [-0.2, -0.15) is 0 Å². The average molecular weight is 1230 g/mol. The van der Waals surface area contributed by atoms with E-state index in [2.05, 4.69) is 398 Å². The summed E-state index contributed by atoms with van der Waals surface area (Å²) in [4.78, 5) is 19.2. The Morgan fingerprint density at radius 3 is 0.729 bits per heavy atom. The van der Waals surface area contributed by atoms with Crippen molar-refractivity contribution < 1.29 is 0 Å². The number of anilines is 12. The number of hydrogen-bond donors (Lipinski definition) is 0. The molecule has 454 valence electrons. The molecule has 17 aromatic rings. The lowest BCUT2D eigenvalue weighted by Crippen LogP contribution is -2.10. The van der Waals surface area contributed by atoms with Gasteiger partial charge in [-0.05, 0) is 205 Å². The van der Waals surface area contributed by atoms with Crippen LogP contribution in [0.2, 0.25) is 0 Å². The molecule has 8 nitrogen and oxygen atoms in total. The van der Waals surface area contributed by atoms with Gasteiger partial charge in [0.05, 0.1) is 45.8 Å². The highest BCUT2D eigenvalue weighted by Gasteiger charge is 2.27. The molecule has 13 aromatic carbocycles.